The summed E-state index contributed by atoms with van der Waals surface area (Å²) in [4.78, 5) is 14.8. The van der Waals surface area contributed by atoms with E-state index >= 15 is 0 Å². The van der Waals surface area contributed by atoms with Gasteiger partial charge in [0.25, 0.3) is 0 Å². The molecule has 1 heterocycles. The van der Waals surface area contributed by atoms with Gasteiger partial charge in [-0.05, 0) is 49.4 Å². The largest absolute Gasteiger partial charge is 0.342 e. The lowest BCUT2D eigenvalue weighted by Crippen LogP contribution is -2.51. The molecule has 0 radical (unpaired) electrons. The van der Waals surface area contributed by atoms with Crippen molar-refractivity contribution in [1.82, 2.24) is 4.90 Å². The third kappa shape index (κ3) is 1.97. The van der Waals surface area contributed by atoms with Crippen molar-refractivity contribution in [3.63, 3.8) is 0 Å². The summed E-state index contributed by atoms with van der Waals surface area (Å²) >= 11 is 0. The predicted octanol–water partition coefficient (Wildman–Crippen LogP) is 2.01. The zero-order valence-electron chi connectivity index (χ0n) is 11.7. The van der Waals surface area contributed by atoms with Gasteiger partial charge >= 0.3 is 0 Å². The number of rotatable bonds is 1. The van der Waals surface area contributed by atoms with Gasteiger partial charge in [0, 0.05) is 19.1 Å². The van der Waals surface area contributed by atoms with E-state index in [0.717, 1.165) is 19.5 Å². The minimum absolute atomic E-state index is 0.137. The molecular weight excluding hydrogens is 224 g/mol. The molecule has 3 fully saturated rings. The van der Waals surface area contributed by atoms with Gasteiger partial charge in [-0.2, -0.15) is 0 Å². The zero-order chi connectivity index (χ0) is 12.9. The summed E-state index contributed by atoms with van der Waals surface area (Å²) in [5.41, 5.74) is 6.58. The second kappa shape index (κ2) is 4.22. The number of fused-ring (bicyclic) bond motifs is 2. The average molecular weight is 250 g/mol. The van der Waals surface area contributed by atoms with Crippen LogP contribution in [-0.4, -0.2) is 29.9 Å². The van der Waals surface area contributed by atoms with Gasteiger partial charge in [0.15, 0.2) is 0 Å². The minimum Gasteiger partial charge on any atom is -0.342 e. The normalized spacial score (nSPS) is 42.3. The van der Waals surface area contributed by atoms with E-state index in [1.54, 1.807) is 0 Å². The van der Waals surface area contributed by atoms with Gasteiger partial charge in [-0.25, -0.2) is 0 Å². The number of hydrogen-bond donors (Lipinski definition) is 1. The van der Waals surface area contributed by atoms with Crippen molar-refractivity contribution in [2.24, 2.45) is 28.9 Å². The maximum atomic E-state index is 12.7. The van der Waals surface area contributed by atoms with E-state index in [9.17, 15) is 4.79 Å². The Morgan fingerprint density at radius 2 is 2.00 bits per heavy atom. The second-order valence-corrected chi connectivity index (χ2v) is 7.46. The molecule has 2 bridgehead atoms. The fourth-order valence-corrected chi connectivity index (χ4v) is 4.52. The molecule has 4 unspecified atom stereocenters. The molecule has 1 saturated heterocycles. The number of carbonyl (C=O) groups is 1. The maximum absolute atomic E-state index is 12.7. The van der Waals surface area contributed by atoms with Crippen LogP contribution < -0.4 is 5.73 Å². The molecular formula is C15H26N2O. The van der Waals surface area contributed by atoms with Crippen molar-refractivity contribution < 1.29 is 4.79 Å². The van der Waals surface area contributed by atoms with Crippen LogP contribution in [-0.2, 0) is 4.79 Å². The van der Waals surface area contributed by atoms with Crippen molar-refractivity contribution in [3.05, 3.63) is 0 Å². The van der Waals surface area contributed by atoms with Crippen LogP contribution in [0.4, 0.5) is 0 Å². The SMILES string of the molecule is CC1(C)CCCN(C(=O)C2C3CCC(C3)C2N)C1. The summed E-state index contributed by atoms with van der Waals surface area (Å²) in [7, 11) is 0. The predicted molar refractivity (Wildman–Crippen MR) is 71.9 cm³/mol. The first-order valence-electron chi connectivity index (χ1n) is 7.52. The standard InChI is InChI=1S/C15H26N2O/c1-15(2)6-3-7-17(9-15)14(18)12-10-4-5-11(8-10)13(12)16/h10-13H,3-9,16H2,1-2H3. The number of piperidine rings is 1. The van der Waals surface area contributed by atoms with Gasteiger partial charge in [-0.15, -0.1) is 0 Å². The van der Waals surface area contributed by atoms with Crippen LogP contribution in [0.3, 0.4) is 0 Å². The zero-order valence-corrected chi connectivity index (χ0v) is 11.7. The smallest absolute Gasteiger partial charge is 0.227 e. The number of likely N-dealkylation sites (tertiary alicyclic amines) is 1. The molecule has 0 spiro atoms. The Balaban J connectivity index is 1.71. The fourth-order valence-electron chi connectivity index (χ4n) is 4.52. The van der Waals surface area contributed by atoms with Gasteiger partial charge in [-0.3, -0.25) is 4.79 Å². The summed E-state index contributed by atoms with van der Waals surface area (Å²) in [5, 5.41) is 0. The summed E-state index contributed by atoms with van der Waals surface area (Å²) in [6, 6.07) is 0.140. The topological polar surface area (TPSA) is 46.3 Å². The first-order valence-corrected chi connectivity index (χ1v) is 7.52. The van der Waals surface area contributed by atoms with Crippen molar-refractivity contribution in [3.8, 4) is 0 Å². The lowest BCUT2D eigenvalue weighted by Gasteiger charge is -2.41. The van der Waals surface area contributed by atoms with Crippen LogP contribution in [0.15, 0.2) is 0 Å². The molecule has 1 aliphatic heterocycles. The lowest BCUT2D eigenvalue weighted by atomic mass is 9.81. The van der Waals surface area contributed by atoms with E-state index in [2.05, 4.69) is 18.7 Å². The summed E-state index contributed by atoms with van der Waals surface area (Å²) in [6.07, 6.45) is 6.07. The number of hydrogen-bond acceptors (Lipinski definition) is 2. The van der Waals surface area contributed by atoms with Crippen LogP contribution in [0.25, 0.3) is 0 Å². The molecule has 18 heavy (non-hydrogen) atoms. The quantitative estimate of drug-likeness (QED) is 0.774. The van der Waals surface area contributed by atoms with E-state index in [1.807, 2.05) is 0 Å². The minimum atomic E-state index is 0.137. The molecule has 4 atom stereocenters. The first-order chi connectivity index (χ1) is 8.48. The van der Waals surface area contributed by atoms with E-state index in [0.29, 0.717) is 17.7 Å². The highest BCUT2D eigenvalue weighted by Crippen LogP contribution is 2.48. The van der Waals surface area contributed by atoms with Crippen LogP contribution >= 0.6 is 0 Å². The van der Waals surface area contributed by atoms with Gasteiger partial charge in [0.05, 0.1) is 5.92 Å². The monoisotopic (exact) mass is 250 g/mol. The maximum Gasteiger partial charge on any atom is 0.227 e. The van der Waals surface area contributed by atoms with Gasteiger partial charge in [-0.1, -0.05) is 13.8 Å². The Hall–Kier alpha value is -0.570. The number of carbonyl (C=O) groups excluding carboxylic acids is 1. The Labute approximate surface area is 110 Å². The highest BCUT2D eigenvalue weighted by atomic mass is 16.2. The Kier molecular flexibility index (Phi) is 2.92. The summed E-state index contributed by atoms with van der Waals surface area (Å²) in [5.74, 6) is 1.71. The Morgan fingerprint density at radius 1 is 1.28 bits per heavy atom. The third-order valence-corrected chi connectivity index (χ3v) is 5.48. The molecule has 2 saturated carbocycles. The van der Waals surface area contributed by atoms with E-state index in [4.69, 9.17) is 5.73 Å². The molecule has 0 aromatic heterocycles. The lowest BCUT2D eigenvalue weighted by molar-refractivity contribution is -0.140. The highest BCUT2D eigenvalue weighted by Gasteiger charge is 2.50. The molecule has 3 rings (SSSR count). The molecule has 3 nitrogen and oxygen atoms in total. The van der Waals surface area contributed by atoms with E-state index < -0.39 is 0 Å². The molecule has 3 heteroatoms. The Morgan fingerprint density at radius 3 is 2.61 bits per heavy atom. The van der Waals surface area contributed by atoms with Crippen LogP contribution in [0.5, 0.6) is 0 Å². The molecule has 102 valence electrons. The average Bonchev–Trinajstić information content (AvgIpc) is 2.87. The van der Waals surface area contributed by atoms with Crippen molar-refractivity contribution in [1.29, 1.82) is 0 Å². The van der Waals surface area contributed by atoms with Gasteiger partial charge in [0.1, 0.15) is 0 Å². The molecule has 1 amide bonds. The van der Waals surface area contributed by atoms with Crippen molar-refractivity contribution >= 4 is 5.91 Å². The van der Waals surface area contributed by atoms with Crippen LogP contribution in [0.2, 0.25) is 0 Å². The third-order valence-electron chi connectivity index (χ3n) is 5.48. The van der Waals surface area contributed by atoms with Crippen molar-refractivity contribution in [2.45, 2.75) is 52.0 Å². The van der Waals surface area contributed by atoms with Gasteiger partial charge in [0.2, 0.25) is 5.91 Å². The summed E-state index contributed by atoms with van der Waals surface area (Å²) < 4.78 is 0. The molecule has 0 aromatic rings. The number of nitrogens with zero attached hydrogens (tertiary/aromatic N) is 1. The van der Waals surface area contributed by atoms with Crippen LogP contribution in [0.1, 0.15) is 46.0 Å². The fraction of sp³-hybridized carbons (Fsp3) is 0.933. The summed E-state index contributed by atoms with van der Waals surface area (Å²) in [6.45, 7) is 6.41. The van der Waals surface area contributed by atoms with E-state index in [-0.39, 0.29) is 17.4 Å². The number of amides is 1. The van der Waals surface area contributed by atoms with E-state index in [1.165, 1.54) is 25.7 Å². The van der Waals surface area contributed by atoms with Gasteiger partial charge < -0.3 is 10.6 Å². The van der Waals surface area contributed by atoms with Crippen molar-refractivity contribution in [2.75, 3.05) is 13.1 Å². The highest BCUT2D eigenvalue weighted by molar-refractivity contribution is 5.80. The second-order valence-electron chi connectivity index (χ2n) is 7.46. The number of nitrogens with two attached hydrogens (primary N) is 1. The van der Waals surface area contributed by atoms with Crippen LogP contribution in [0, 0.1) is 23.2 Å². The molecule has 2 N–H and O–H groups in total. The molecule has 0 aromatic carbocycles. The molecule has 3 aliphatic rings. The molecule has 2 aliphatic carbocycles. The Bertz CT molecular complexity index is 350. The first kappa shape index (κ1) is 12.5.